The summed E-state index contributed by atoms with van der Waals surface area (Å²) in [5.74, 6) is 0.732. The SMILES string of the molecule is C=C/C=C(\C=C/C)C1CCNCC1.CC. The van der Waals surface area contributed by atoms with Crippen LogP contribution in [0, 0.1) is 5.92 Å². The average molecular weight is 207 g/mol. The van der Waals surface area contributed by atoms with Crippen LogP contribution in [0.4, 0.5) is 0 Å². The Bertz CT molecular complexity index is 207. The molecule has 0 spiro atoms. The number of nitrogens with one attached hydrogen (secondary N) is 1. The lowest BCUT2D eigenvalue weighted by Crippen LogP contribution is -2.28. The van der Waals surface area contributed by atoms with Crippen LogP contribution in [0.1, 0.15) is 33.6 Å². The first kappa shape index (κ1) is 14.2. The minimum Gasteiger partial charge on any atom is -0.317 e. The normalized spacial score (nSPS) is 18.5. The van der Waals surface area contributed by atoms with Crippen LogP contribution in [0.25, 0.3) is 0 Å². The summed E-state index contributed by atoms with van der Waals surface area (Å²) in [5, 5.41) is 3.38. The van der Waals surface area contributed by atoms with Gasteiger partial charge in [-0.25, -0.2) is 0 Å². The van der Waals surface area contributed by atoms with Crippen molar-refractivity contribution in [3.8, 4) is 0 Å². The Labute approximate surface area is 95.0 Å². The molecule has 0 aromatic rings. The molecule has 15 heavy (non-hydrogen) atoms. The molecule has 0 unspecified atom stereocenters. The van der Waals surface area contributed by atoms with E-state index >= 15 is 0 Å². The summed E-state index contributed by atoms with van der Waals surface area (Å²) in [6, 6.07) is 0. The Morgan fingerprint density at radius 3 is 2.33 bits per heavy atom. The maximum Gasteiger partial charge on any atom is -0.00431 e. The second-order valence-corrected chi connectivity index (χ2v) is 3.43. The molecule has 0 atom stereocenters. The molecule has 1 N–H and O–H groups in total. The zero-order valence-electron chi connectivity index (χ0n) is 10.4. The Balaban J connectivity index is 0.000000921. The highest BCUT2D eigenvalue weighted by molar-refractivity contribution is 5.25. The van der Waals surface area contributed by atoms with Gasteiger partial charge in [0.25, 0.3) is 0 Å². The lowest BCUT2D eigenvalue weighted by molar-refractivity contribution is 0.425. The van der Waals surface area contributed by atoms with Crippen molar-refractivity contribution in [3.63, 3.8) is 0 Å². The summed E-state index contributed by atoms with van der Waals surface area (Å²) in [4.78, 5) is 0. The van der Waals surface area contributed by atoms with Crippen LogP contribution in [-0.4, -0.2) is 13.1 Å². The molecule has 0 radical (unpaired) electrons. The molecule has 86 valence electrons. The fourth-order valence-corrected chi connectivity index (χ4v) is 1.81. The molecule has 1 fully saturated rings. The minimum absolute atomic E-state index is 0.732. The first-order chi connectivity index (χ1) is 7.38. The molecule has 0 aromatic carbocycles. The maximum atomic E-state index is 3.75. The van der Waals surface area contributed by atoms with Crippen molar-refractivity contribution in [2.75, 3.05) is 13.1 Å². The molecule has 1 heterocycles. The van der Waals surface area contributed by atoms with Crippen molar-refractivity contribution < 1.29 is 0 Å². The molecule has 1 rings (SSSR count). The zero-order valence-corrected chi connectivity index (χ0v) is 10.4. The summed E-state index contributed by atoms with van der Waals surface area (Å²) >= 11 is 0. The van der Waals surface area contributed by atoms with Gasteiger partial charge < -0.3 is 5.32 Å². The summed E-state index contributed by atoms with van der Waals surface area (Å²) in [7, 11) is 0. The Morgan fingerprint density at radius 2 is 1.87 bits per heavy atom. The number of hydrogen-bond acceptors (Lipinski definition) is 1. The Kier molecular flexibility index (Phi) is 9.19. The molecule has 0 bridgehead atoms. The highest BCUT2D eigenvalue weighted by atomic mass is 14.9. The third kappa shape index (κ3) is 5.58. The maximum absolute atomic E-state index is 3.75. The average Bonchev–Trinajstić information content (AvgIpc) is 2.33. The van der Waals surface area contributed by atoms with Gasteiger partial charge in [0, 0.05) is 0 Å². The lowest BCUT2D eigenvalue weighted by atomic mass is 9.89. The van der Waals surface area contributed by atoms with Crippen molar-refractivity contribution in [1.29, 1.82) is 0 Å². The van der Waals surface area contributed by atoms with Crippen LogP contribution in [0.3, 0.4) is 0 Å². The van der Waals surface area contributed by atoms with Crippen LogP contribution in [0.15, 0.2) is 36.5 Å². The molecular weight excluding hydrogens is 182 g/mol. The van der Waals surface area contributed by atoms with Gasteiger partial charge in [0.2, 0.25) is 0 Å². The topological polar surface area (TPSA) is 12.0 Å². The van der Waals surface area contributed by atoms with Gasteiger partial charge in [-0.05, 0) is 44.3 Å². The number of rotatable bonds is 3. The van der Waals surface area contributed by atoms with Crippen molar-refractivity contribution in [2.45, 2.75) is 33.6 Å². The van der Waals surface area contributed by atoms with Gasteiger partial charge in [0.05, 0.1) is 0 Å². The predicted octanol–water partition coefficient (Wildman–Crippen LogP) is 3.70. The third-order valence-electron chi connectivity index (χ3n) is 2.48. The van der Waals surface area contributed by atoms with Crippen LogP contribution in [0.5, 0.6) is 0 Å². The van der Waals surface area contributed by atoms with Gasteiger partial charge in [-0.2, -0.15) is 0 Å². The fourth-order valence-electron chi connectivity index (χ4n) is 1.81. The van der Waals surface area contributed by atoms with Gasteiger partial charge in [-0.1, -0.05) is 44.7 Å². The molecule has 1 saturated heterocycles. The van der Waals surface area contributed by atoms with Crippen molar-refractivity contribution in [3.05, 3.63) is 36.5 Å². The van der Waals surface area contributed by atoms with E-state index in [4.69, 9.17) is 0 Å². The monoisotopic (exact) mass is 207 g/mol. The molecule has 1 aliphatic rings. The van der Waals surface area contributed by atoms with Gasteiger partial charge in [-0.15, -0.1) is 0 Å². The van der Waals surface area contributed by atoms with E-state index < -0.39 is 0 Å². The van der Waals surface area contributed by atoms with Crippen LogP contribution < -0.4 is 5.32 Å². The van der Waals surface area contributed by atoms with Gasteiger partial charge in [0.15, 0.2) is 0 Å². The lowest BCUT2D eigenvalue weighted by Gasteiger charge is -2.23. The summed E-state index contributed by atoms with van der Waals surface area (Å²) in [6.07, 6.45) is 10.8. The van der Waals surface area contributed by atoms with Gasteiger partial charge >= 0.3 is 0 Å². The van der Waals surface area contributed by atoms with E-state index in [0.29, 0.717) is 0 Å². The summed E-state index contributed by atoms with van der Waals surface area (Å²) in [5.41, 5.74) is 1.43. The summed E-state index contributed by atoms with van der Waals surface area (Å²) in [6.45, 7) is 12.1. The number of hydrogen-bond donors (Lipinski definition) is 1. The fraction of sp³-hybridized carbons (Fsp3) is 0.571. The standard InChI is InChI=1S/C12H19N.C2H6/c1-3-5-11(6-4-2)12-7-9-13-10-8-12;1-2/h3-6,12-13H,1,7-10H2,2H3;1-2H3/b6-4-,11-5+;. The second kappa shape index (κ2) is 9.72. The van der Waals surface area contributed by atoms with E-state index in [1.54, 1.807) is 0 Å². The van der Waals surface area contributed by atoms with E-state index in [-0.39, 0.29) is 0 Å². The first-order valence-electron chi connectivity index (χ1n) is 6.04. The summed E-state index contributed by atoms with van der Waals surface area (Å²) < 4.78 is 0. The molecule has 1 aliphatic heterocycles. The van der Waals surface area contributed by atoms with E-state index in [0.717, 1.165) is 19.0 Å². The molecule has 0 saturated carbocycles. The van der Waals surface area contributed by atoms with E-state index in [9.17, 15) is 0 Å². The highest BCUT2D eigenvalue weighted by Gasteiger charge is 2.14. The smallest absolute Gasteiger partial charge is 0.00431 e. The van der Waals surface area contributed by atoms with Crippen molar-refractivity contribution in [1.82, 2.24) is 5.32 Å². The molecule has 1 nitrogen and oxygen atoms in total. The number of allylic oxidation sites excluding steroid dienone is 5. The van der Waals surface area contributed by atoms with Crippen LogP contribution >= 0.6 is 0 Å². The van der Waals surface area contributed by atoms with Crippen LogP contribution in [-0.2, 0) is 0 Å². The molecule has 0 aliphatic carbocycles. The van der Waals surface area contributed by atoms with E-state index in [2.05, 4.69) is 37.0 Å². The zero-order chi connectivity index (χ0) is 11.5. The molecular formula is C14H25N. The van der Waals surface area contributed by atoms with Crippen molar-refractivity contribution in [2.24, 2.45) is 5.92 Å². The Morgan fingerprint density at radius 1 is 1.27 bits per heavy atom. The molecule has 0 amide bonds. The van der Waals surface area contributed by atoms with E-state index in [1.165, 1.54) is 18.4 Å². The predicted molar refractivity (Wildman–Crippen MR) is 70.0 cm³/mol. The highest BCUT2D eigenvalue weighted by Crippen LogP contribution is 2.22. The second-order valence-electron chi connectivity index (χ2n) is 3.43. The Hall–Kier alpha value is -0.820. The number of piperidine rings is 1. The molecule has 0 aromatic heterocycles. The first-order valence-corrected chi connectivity index (χ1v) is 6.04. The third-order valence-corrected chi connectivity index (χ3v) is 2.48. The molecule has 1 heteroatoms. The van der Waals surface area contributed by atoms with Crippen LogP contribution in [0.2, 0.25) is 0 Å². The quantitative estimate of drug-likeness (QED) is 0.696. The van der Waals surface area contributed by atoms with Gasteiger partial charge in [0.1, 0.15) is 0 Å². The van der Waals surface area contributed by atoms with Crippen molar-refractivity contribution >= 4 is 0 Å². The van der Waals surface area contributed by atoms with E-state index in [1.807, 2.05) is 19.9 Å². The minimum atomic E-state index is 0.732. The largest absolute Gasteiger partial charge is 0.317 e. The van der Waals surface area contributed by atoms with Gasteiger partial charge in [-0.3, -0.25) is 0 Å².